The highest BCUT2D eigenvalue weighted by Gasteiger charge is 2.14. The Hall–Kier alpha value is -2.37. The second kappa shape index (κ2) is 6.88. The molecule has 0 N–H and O–H groups in total. The number of hydrogen-bond donors (Lipinski definition) is 0. The van der Waals surface area contributed by atoms with Gasteiger partial charge in [0.15, 0.2) is 6.40 Å². The van der Waals surface area contributed by atoms with Gasteiger partial charge in [-0.25, -0.2) is 9.98 Å². The van der Waals surface area contributed by atoms with Crippen LogP contribution in [0.15, 0.2) is 39.2 Å². The van der Waals surface area contributed by atoms with Crippen molar-refractivity contribution in [2.45, 2.75) is 0 Å². The first-order valence-corrected chi connectivity index (χ1v) is 6.99. The predicted octanol–water partition coefficient (Wildman–Crippen LogP) is 1.29. The summed E-state index contributed by atoms with van der Waals surface area (Å²) in [5.74, 6) is 1.45. The quantitative estimate of drug-likeness (QED) is 0.823. The Morgan fingerprint density at radius 3 is 1.86 bits per heavy atom. The van der Waals surface area contributed by atoms with Crippen LogP contribution in [-0.4, -0.2) is 57.7 Å². The maximum atomic E-state index is 5.43. The summed E-state index contributed by atoms with van der Waals surface area (Å²) in [6.45, 7) is 4.47. The summed E-state index contributed by atoms with van der Waals surface area (Å²) < 4.78 is 15.5. The van der Waals surface area contributed by atoms with Gasteiger partial charge in [-0.3, -0.25) is 4.99 Å². The van der Waals surface area contributed by atoms with Crippen LogP contribution >= 0.6 is 0 Å². The monoisotopic (exact) mass is 287 g/mol. The summed E-state index contributed by atoms with van der Waals surface area (Å²) in [4.78, 5) is 12.3. The minimum atomic E-state index is 0.678. The molecule has 3 aliphatic heterocycles. The summed E-state index contributed by atoms with van der Waals surface area (Å²) in [7, 11) is 0. The van der Waals surface area contributed by atoms with E-state index >= 15 is 0 Å². The van der Waals surface area contributed by atoms with E-state index in [1.165, 1.54) is 6.40 Å². The summed E-state index contributed by atoms with van der Waals surface area (Å²) in [6.07, 6.45) is 1.49. The van der Waals surface area contributed by atoms with Gasteiger partial charge in [-0.1, -0.05) is 6.07 Å². The van der Waals surface area contributed by atoms with Crippen LogP contribution in [0.4, 0.5) is 0 Å². The van der Waals surface area contributed by atoms with Crippen molar-refractivity contribution in [3.63, 3.8) is 0 Å². The first-order chi connectivity index (χ1) is 10.4. The van der Waals surface area contributed by atoms with E-state index < -0.39 is 0 Å². The van der Waals surface area contributed by atoms with E-state index in [2.05, 4.69) is 19.7 Å². The van der Waals surface area contributed by atoms with Crippen LogP contribution in [0.5, 0.6) is 0 Å². The Labute approximate surface area is 123 Å². The molecule has 0 atom stereocenters. The van der Waals surface area contributed by atoms with E-state index in [1.54, 1.807) is 0 Å². The zero-order valence-corrected chi connectivity index (χ0v) is 11.7. The smallest absolute Gasteiger partial charge is 0.216 e. The minimum absolute atomic E-state index is 0.678. The third kappa shape index (κ3) is 3.59. The van der Waals surface area contributed by atoms with Crippen LogP contribution in [0.2, 0.25) is 0 Å². The highest BCUT2D eigenvalue weighted by atomic mass is 16.5. The molecule has 110 valence electrons. The first-order valence-electron chi connectivity index (χ1n) is 6.99. The topological polar surface area (TPSA) is 64.8 Å². The van der Waals surface area contributed by atoms with Gasteiger partial charge in [-0.15, -0.1) is 0 Å². The van der Waals surface area contributed by atoms with Crippen molar-refractivity contribution in [3.8, 4) is 0 Å². The lowest BCUT2D eigenvalue weighted by atomic mass is 10.1. The third-order valence-electron chi connectivity index (χ3n) is 3.01. The van der Waals surface area contributed by atoms with E-state index in [0.717, 1.165) is 49.2 Å². The van der Waals surface area contributed by atoms with Gasteiger partial charge in [0.2, 0.25) is 11.8 Å². The van der Waals surface area contributed by atoms with Gasteiger partial charge in [0.25, 0.3) is 0 Å². The number of rotatable bonds is 2. The molecule has 0 aromatic heterocycles. The van der Waals surface area contributed by atoms with Crippen LogP contribution in [0.25, 0.3) is 0 Å². The molecule has 0 bridgehead atoms. The largest absolute Gasteiger partial charge is 0.482 e. The normalized spacial score (nSPS) is 18.9. The Kier molecular flexibility index (Phi) is 4.45. The molecule has 0 saturated carbocycles. The van der Waals surface area contributed by atoms with Crippen molar-refractivity contribution in [1.82, 2.24) is 0 Å². The van der Waals surface area contributed by atoms with Crippen molar-refractivity contribution in [2.75, 3.05) is 39.5 Å². The Bertz CT molecular complexity index is 536. The molecule has 3 heterocycles. The number of benzene rings is 1. The number of nitrogens with zero attached hydrogens (tertiary/aromatic N) is 3. The van der Waals surface area contributed by atoms with Gasteiger partial charge in [0, 0.05) is 11.1 Å². The average molecular weight is 287 g/mol. The number of ether oxygens (including phenoxy) is 3. The molecule has 6 heteroatoms. The van der Waals surface area contributed by atoms with Crippen LogP contribution in [-0.2, 0) is 14.2 Å². The predicted molar refractivity (Wildman–Crippen MR) is 80.5 cm³/mol. The second-order valence-electron chi connectivity index (χ2n) is 4.53. The molecule has 0 radical (unpaired) electrons. The highest BCUT2D eigenvalue weighted by molar-refractivity contribution is 6.00. The molecule has 3 aliphatic rings. The Balaban J connectivity index is 0.000000225. The number of aliphatic imine (C=N–C) groups is 3. The molecular weight excluding hydrogens is 270 g/mol. The molecule has 1 aromatic carbocycles. The average Bonchev–Trinajstić information content (AvgIpc) is 3.32. The van der Waals surface area contributed by atoms with Gasteiger partial charge >= 0.3 is 0 Å². The van der Waals surface area contributed by atoms with E-state index in [0.29, 0.717) is 13.2 Å². The van der Waals surface area contributed by atoms with Gasteiger partial charge < -0.3 is 14.2 Å². The fourth-order valence-corrected chi connectivity index (χ4v) is 2.07. The maximum absolute atomic E-state index is 5.43. The van der Waals surface area contributed by atoms with Crippen LogP contribution in [0.3, 0.4) is 0 Å². The van der Waals surface area contributed by atoms with Crippen LogP contribution in [0, 0.1) is 0 Å². The van der Waals surface area contributed by atoms with Crippen LogP contribution < -0.4 is 0 Å². The summed E-state index contributed by atoms with van der Waals surface area (Å²) in [6, 6.07) is 7.96. The van der Waals surface area contributed by atoms with Crippen LogP contribution in [0.1, 0.15) is 11.1 Å². The molecule has 1 aromatic rings. The van der Waals surface area contributed by atoms with E-state index in [9.17, 15) is 0 Å². The lowest BCUT2D eigenvalue weighted by molar-refractivity contribution is 0.347. The lowest BCUT2D eigenvalue weighted by Gasteiger charge is -2.05. The van der Waals surface area contributed by atoms with Gasteiger partial charge in [-0.05, 0) is 18.2 Å². The molecule has 0 fully saturated rings. The van der Waals surface area contributed by atoms with Crippen molar-refractivity contribution in [3.05, 3.63) is 35.4 Å². The molecule has 21 heavy (non-hydrogen) atoms. The molecule has 0 spiro atoms. The molecule has 0 aliphatic carbocycles. The third-order valence-corrected chi connectivity index (χ3v) is 3.01. The molecule has 4 rings (SSSR count). The van der Waals surface area contributed by atoms with E-state index in [4.69, 9.17) is 9.47 Å². The number of hydrogen-bond acceptors (Lipinski definition) is 6. The zero-order valence-electron chi connectivity index (χ0n) is 11.7. The first kappa shape index (κ1) is 13.6. The Morgan fingerprint density at radius 1 is 0.810 bits per heavy atom. The molecule has 0 unspecified atom stereocenters. The fraction of sp³-hybridized carbons (Fsp3) is 0.400. The van der Waals surface area contributed by atoms with Crippen molar-refractivity contribution in [1.29, 1.82) is 0 Å². The summed E-state index contributed by atoms with van der Waals surface area (Å²) >= 11 is 0. The standard InChI is InChI=1S/C12H12N2O2.C3H5NO/c1-2-9(11-13-4-6-15-11)8-10(3-1)12-14-5-7-16-12;1-2-5-3-4-1/h1-3,8H,4-7H2;3H,1-2H2. The van der Waals surface area contributed by atoms with Gasteiger partial charge in [0.05, 0.1) is 19.6 Å². The lowest BCUT2D eigenvalue weighted by Crippen LogP contribution is -2.05. The van der Waals surface area contributed by atoms with Gasteiger partial charge in [-0.2, -0.15) is 0 Å². The minimum Gasteiger partial charge on any atom is -0.482 e. The Morgan fingerprint density at radius 2 is 1.48 bits per heavy atom. The van der Waals surface area contributed by atoms with E-state index in [1.807, 2.05) is 24.3 Å². The zero-order chi connectivity index (χ0) is 14.3. The fourth-order valence-electron chi connectivity index (χ4n) is 2.07. The maximum Gasteiger partial charge on any atom is 0.216 e. The van der Waals surface area contributed by atoms with Crippen molar-refractivity contribution in [2.24, 2.45) is 15.0 Å². The summed E-state index contributed by atoms with van der Waals surface area (Å²) in [5, 5.41) is 0. The molecule has 6 nitrogen and oxygen atoms in total. The highest BCUT2D eigenvalue weighted by Crippen LogP contribution is 2.13. The second-order valence-corrected chi connectivity index (χ2v) is 4.53. The molecular formula is C15H17N3O3. The molecule has 0 amide bonds. The van der Waals surface area contributed by atoms with E-state index in [-0.39, 0.29) is 0 Å². The molecule has 0 saturated heterocycles. The van der Waals surface area contributed by atoms with Gasteiger partial charge in [0.1, 0.15) is 19.8 Å². The van der Waals surface area contributed by atoms with Crippen molar-refractivity contribution >= 4 is 18.2 Å². The van der Waals surface area contributed by atoms with Crippen molar-refractivity contribution < 1.29 is 14.2 Å². The SMILES string of the molecule is C1=NCCO1.c1cc(C2=NCCO2)cc(C2=NCCO2)c1. The summed E-state index contributed by atoms with van der Waals surface area (Å²) in [5.41, 5.74) is 1.99.